The predicted octanol–water partition coefficient (Wildman–Crippen LogP) is 2.70. The van der Waals surface area contributed by atoms with Gasteiger partial charge in [0, 0.05) is 17.0 Å². The van der Waals surface area contributed by atoms with Crippen LogP contribution in [0.15, 0.2) is 0 Å². The summed E-state index contributed by atoms with van der Waals surface area (Å²) in [7, 11) is 0. The van der Waals surface area contributed by atoms with Gasteiger partial charge in [0.1, 0.15) is 6.17 Å². The van der Waals surface area contributed by atoms with E-state index in [4.69, 9.17) is 5.73 Å². The van der Waals surface area contributed by atoms with Crippen molar-refractivity contribution >= 4 is 22.6 Å². The lowest BCUT2D eigenvalue weighted by Crippen LogP contribution is -2.50. The lowest BCUT2D eigenvalue weighted by molar-refractivity contribution is 0.107. The maximum Gasteiger partial charge on any atom is 0.100 e. The van der Waals surface area contributed by atoms with Gasteiger partial charge in [-0.3, -0.25) is 4.90 Å². The van der Waals surface area contributed by atoms with Gasteiger partial charge < -0.3 is 5.73 Å². The van der Waals surface area contributed by atoms with Crippen LogP contribution in [0.3, 0.4) is 0 Å². The Balaban J connectivity index is 1.79. The summed E-state index contributed by atoms with van der Waals surface area (Å²) < 4.78 is 13.8. The molecule has 1 saturated carbocycles. The monoisotopic (exact) mass is 340 g/mol. The average molecular weight is 340 g/mol. The van der Waals surface area contributed by atoms with Gasteiger partial charge in [-0.15, -0.1) is 0 Å². The zero-order valence-electron chi connectivity index (χ0n) is 9.75. The smallest absolute Gasteiger partial charge is 0.100 e. The molecular weight excluding hydrogens is 318 g/mol. The molecule has 0 spiro atoms. The van der Waals surface area contributed by atoms with Gasteiger partial charge in [-0.1, -0.05) is 22.6 Å². The van der Waals surface area contributed by atoms with Crippen LogP contribution in [0.5, 0.6) is 0 Å². The van der Waals surface area contributed by atoms with E-state index in [0.717, 1.165) is 49.1 Å². The number of likely N-dealkylation sites (tertiary alicyclic amines) is 1. The van der Waals surface area contributed by atoms with E-state index < -0.39 is 6.17 Å². The minimum Gasteiger partial charge on any atom is -0.316 e. The third kappa shape index (κ3) is 3.53. The molecule has 16 heavy (non-hydrogen) atoms. The van der Waals surface area contributed by atoms with Gasteiger partial charge in [0.2, 0.25) is 0 Å². The molecule has 0 amide bonds. The number of halogens is 2. The minimum atomic E-state index is -0.538. The molecule has 0 bridgehead atoms. The van der Waals surface area contributed by atoms with Gasteiger partial charge in [-0.05, 0) is 44.4 Å². The molecule has 2 fully saturated rings. The van der Waals surface area contributed by atoms with Gasteiger partial charge in [-0.25, -0.2) is 4.39 Å². The Morgan fingerprint density at radius 1 is 1.12 bits per heavy atom. The summed E-state index contributed by atoms with van der Waals surface area (Å²) in [6.07, 6.45) is 5.70. The molecule has 2 nitrogen and oxygen atoms in total. The van der Waals surface area contributed by atoms with E-state index >= 15 is 0 Å². The SMILES string of the molecule is NC1CCC(I)CN1CC1CCC(F)CC1. The number of nitrogens with two attached hydrogens (primary N) is 1. The van der Waals surface area contributed by atoms with Gasteiger partial charge >= 0.3 is 0 Å². The van der Waals surface area contributed by atoms with Gasteiger partial charge in [0.05, 0.1) is 6.17 Å². The van der Waals surface area contributed by atoms with Crippen LogP contribution in [0.4, 0.5) is 4.39 Å². The van der Waals surface area contributed by atoms with Crippen molar-refractivity contribution in [2.45, 2.75) is 54.8 Å². The number of rotatable bonds is 2. The van der Waals surface area contributed by atoms with Crippen LogP contribution in [0.25, 0.3) is 0 Å². The first-order valence-corrected chi connectivity index (χ1v) is 7.67. The highest BCUT2D eigenvalue weighted by atomic mass is 127. The fourth-order valence-corrected chi connectivity index (χ4v) is 3.73. The van der Waals surface area contributed by atoms with Gasteiger partial charge in [-0.2, -0.15) is 0 Å². The average Bonchev–Trinajstić information content (AvgIpc) is 2.27. The standard InChI is InChI=1S/C12H22FIN2/c13-10-3-1-9(2-4-10)7-16-8-11(14)5-6-12(16)15/h9-12H,1-8,15H2. The summed E-state index contributed by atoms with van der Waals surface area (Å²) >= 11 is 2.52. The summed E-state index contributed by atoms with van der Waals surface area (Å²) in [5.74, 6) is 0.680. The fraction of sp³-hybridized carbons (Fsp3) is 1.00. The van der Waals surface area contributed by atoms with Crippen molar-refractivity contribution < 1.29 is 4.39 Å². The maximum absolute atomic E-state index is 13.0. The Bertz CT molecular complexity index is 219. The van der Waals surface area contributed by atoms with Crippen LogP contribution < -0.4 is 5.73 Å². The molecule has 94 valence electrons. The van der Waals surface area contributed by atoms with Crippen LogP contribution >= 0.6 is 22.6 Å². The van der Waals surface area contributed by atoms with Crippen LogP contribution in [0.1, 0.15) is 38.5 Å². The van der Waals surface area contributed by atoms with E-state index in [9.17, 15) is 4.39 Å². The summed E-state index contributed by atoms with van der Waals surface area (Å²) in [4.78, 5) is 2.42. The molecule has 1 aliphatic heterocycles. The second-order valence-electron chi connectivity index (χ2n) is 5.31. The fourth-order valence-electron chi connectivity index (χ4n) is 2.86. The molecular formula is C12H22FIN2. The van der Waals surface area contributed by atoms with E-state index in [-0.39, 0.29) is 6.17 Å². The number of piperidine rings is 1. The molecule has 2 unspecified atom stereocenters. The van der Waals surface area contributed by atoms with Crippen LogP contribution in [0, 0.1) is 5.92 Å². The van der Waals surface area contributed by atoms with Crippen molar-refractivity contribution in [1.82, 2.24) is 4.90 Å². The normalized spacial score (nSPS) is 42.2. The zero-order chi connectivity index (χ0) is 11.5. The lowest BCUT2D eigenvalue weighted by Gasteiger charge is -2.39. The quantitative estimate of drug-likeness (QED) is 0.619. The number of nitrogens with zero attached hydrogens (tertiary/aromatic N) is 1. The van der Waals surface area contributed by atoms with Crippen LogP contribution in [-0.4, -0.2) is 34.3 Å². The molecule has 0 aromatic carbocycles. The van der Waals surface area contributed by atoms with Crippen LogP contribution in [-0.2, 0) is 0 Å². The molecule has 2 N–H and O–H groups in total. The summed E-state index contributed by atoms with van der Waals surface area (Å²) in [6.45, 7) is 2.21. The minimum absolute atomic E-state index is 0.245. The van der Waals surface area contributed by atoms with Crippen molar-refractivity contribution in [2.24, 2.45) is 11.7 Å². The van der Waals surface area contributed by atoms with E-state index in [2.05, 4.69) is 27.5 Å². The molecule has 4 heteroatoms. The highest BCUT2D eigenvalue weighted by Gasteiger charge is 2.28. The Kier molecular flexibility index (Phi) is 4.85. The molecule has 0 radical (unpaired) electrons. The number of hydrogen-bond acceptors (Lipinski definition) is 2. The van der Waals surface area contributed by atoms with Crippen molar-refractivity contribution in [3.63, 3.8) is 0 Å². The van der Waals surface area contributed by atoms with E-state index in [0.29, 0.717) is 5.92 Å². The second-order valence-corrected chi connectivity index (χ2v) is 7.08. The first-order chi connectivity index (χ1) is 7.65. The second kappa shape index (κ2) is 5.96. The Morgan fingerprint density at radius 3 is 2.50 bits per heavy atom. The summed E-state index contributed by atoms with van der Waals surface area (Å²) in [6, 6.07) is 0. The highest BCUT2D eigenvalue weighted by molar-refractivity contribution is 14.1. The van der Waals surface area contributed by atoms with Crippen molar-refractivity contribution in [3.05, 3.63) is 0 Å². The molecule has 2 aliphatic rings. The molecule has 0 aromatic heterocycles. The molecule has 1 saturated heterocycles. The Labute approximate surface area is 111 Å². The maximum atomic E-state index is 13.0. The first kappa shape index (κ1) is 13.0. The Morgan fingerprint density at radius 2 is 1.81 bits per heavy atom. The first-order valence-electron chi connectivity index (χ1n) is 6.43. The van der Waals surface area contributed by atoms with E-state index in [1.165, 1.54) is 6.42 Å². The molecule has 2 atom stereocenters. The third-order valence-corrected chi connectivity index (χ3v) is 4.96. The number of alkyl halides is 2. The topological polar surface area (TPSA) is 29.3 Å². The summed E-state index contributed by atoms with van der Waals surface area (Å²) in [5.41, 5.74) is 6.13. The number of hydrogen-bond donors (Lipinski definition) is 1. The van der Waals surface area contributed by atoms with Crippen molar-refractivity contribution in [3.8, 4) is 0 Å². The lowest BCUT2D eigenvalue weighted by atomic mass is 9.87. The van der Waals surface area contributed by atoms with Gasteiger partial charge in [0.15, 0.2) is 0 Å². The predicted molar refractivity (Wildman–Crippen MR) is 73.4 cm³/mol. The van der Waals surface area contributed by atoms with Crippen molar-refractivity contribution in [1.29, 1.82) is 0 Å². The molecule has 0 aromatic rings. The van der Waals surface area contributed by atoms with Gasteiger partial charge in [0.25, 0.3) is 0 Å². The molecule has 1 aliphatic carbocycles. The summed E-state index contributed by atoms with van der Waals surface area (Å²) in [5, 5.41) is 0. The zero-order valence-corrected chi connectivity index (χ0v) is 11.9. The third-order valence-electron chi connectivity index (χ3n) is 3.95. The van der Waals surface area contributed by atoms with E-state index in [1.807, 2.05) is 0 Å². The van der Waals surface area contributed by atoms with Crippen LogP contribution in [0.2, 0.25) is 0 Å². The largest absolute Gasteiger partial charge is 0.316 e. The highest BCUT2D eigenvalue weighted by Crippen LogP contribution is 2.29. The molecule has 1 heterocycles. The Hall–Kier alpha value is 0.580. The molecule has 2 rings (SSSR count). The van der Waals surface area contributed by atoms with Crippen molar-refractivity contribution in [2.75, 3.05) is 13.1 Å². The van der Waals surface area contributed by atoms with E-state index in [1.54, 1.807) is 0 Å².